The molecule has 4 aromatic rings. The Bertz CT molecular complexity index is 1590. The van der Waals surface area contributed by atoms with Gasteiger partial charge in [-0.15, -0.1) is 0 Å². The SMILES string of the molecule is N#Cc1ccc(CCC(=O)N2CCCc3cc(NS(=O)(=O)c4ccc5ccccc5c4)ccc32)cc1. The van der Waals surface area contributed by atoms with Gasteiger partial charge in [0.25, 0.3) is 10.0 Å². The van der Waals surface area contributed by atoms with Crippen LogP contribution in [0.3, 0.4) is 0 Å². The highest BCUT2D eigenvalue weighted by Gasteiger charge is 2.23. The third-order valence-electron chi connectivity index (χ3n) is 6.49. The number of nitrogens with one attached hydrogen (secondary N) is 1. The van der Waals surface area contributed by atoms with Crippen molar-refractivity contribution >= 4 is 38.1 Å². The van der Waals surface area contributed by atoms with Crippen LogP contribution in [0, 0.1) is 11.3 Å². The van der Waals surface area contributed by atoms with Gasteiger partial charge in [-0.3, -0.25) is 9.52 Å². The van der Waals surface area contributed by atoms with E-state index in [1.54, 1.807) is 41.3 Å². The molecule has 1 aliphatic rings. The molecule has 0 bridgehead atoms. The average Bonchev–Trinajstić information content (AvgIpc) is 2.91. The molecule has 0 atom stereocenters. The Balaban J connectivity index is 1.30. The summed E-state index contributed by atoms with van der Waals surface area (Å²) in [7, 11) is -3.76. The summed E-state index contributed by atoms with van der Waals surface area (Å²) >= 11 is 0. The number of hydrogen-bond donors (Lipinski definition) is 1. The molecule has 0 saturated heterocycles. The number of sulfonamides is 1. The molecule has 0 aliphatic carbocycles. The maximum atomic E-state index is 13.1. The highest BCUT2D eigenvalue weighted by atomic mass is 32.2. The Kier molecular flexibility index (Phi) is 6.45. The smallest absolute Gasteiger partial charge is 0.261 e. The van der Waals surface area contributed by atoms with Crippen molar-refractivity contribution in [2.45, 2.75) is 30.6 Å². The van der Waals surface area contributed by atoms with Crippen molar-refractivity contribution in [3.63, 3.8) is 0 Å². The lowest BCUT2D eigenvalue weighted by atomic mass is 10.00. The lowest BCUT2D eigenvalue weighted by Crippen LogP contribution is -2.35. The molecule has 0 unspecified atom stereocenters. The highest BCUT2D eigenvalue weighted by molar-refractivity contribution is 7.92. The zero-order valence-corrected chi connectivity index (χ0v) is 20.5. The third-order valence-corrected chi connectivity index (χ3v) is 7.87. The van der Waals surface area contributed by atoms with Crippen LogP contribution < -0.4 is 9.62 Å². The van der Waals surface area contributed by atoms with Crippen LogP contribution in [0.5, 0.6) is 0 Å². The first-order valence-corrected chi connectivity index (χ1v) is 13.4. The topological polar surface area (TPSA) is 90.3 Å². The van der Waals surface area contributed by atoms with Crippen molar-refractivity contribution in [2.75, 3.05) is 16.2 Å². The van der Waals surface area contributed by atoms with Gasteiger partial charge in [-0.2, -0.15) is 5.26 Å². The molecule has 0 radical (unpaired) electrons. The number of aryl methyl sites for hydroxylation is 2. The number of hydrogen-bond acceptors (Lipinski definition) is 4. The molecule has 4 aromatic carbocycles. The van der Waals surface area contributed by atoms with Gasteiger partial charge < -0.3 is 4.90 Å². The van der Waals surface area contributed by atoms with Crippen LogP contribution in [-0.4, -0.2) is 20.9 Å². The van der Waals surface area contributed by atoms with Crippen molar-refractivity contribution in [2.24, 2.45) is 0 Å². The average molecular weight is 496 g/mol. The monoisotopic (exact) mass is 495 g/mol. The second kappa shape index (κ2) is 9.84. The van der Waals surface area contributed by atoms with Gasteiger partial charge in [0.05, 0.1) is 16.5 Å². The van der Waals surface area contributed by atoms with Gasteiger partial charge in [-0.1, -0.05) is 42.5 Å². The number of carbonyl (C=O) groups excluding carboxylic acids is 1. The van der Waals surface area contributed by atoms with Gasteiger partial charge in [-0.25, -0.2) is 8.42 Å². The Hall–Kier alpha value is -4.15. The van der Waals surface area contributed by atoms with Crippen molar-refractivity contribution in [3.05, 3.63) is 102 Å². The van der Waals surface area contributed by atoms with E-state index in [-0.39, 0.29) is 10.8 Å². The van der Waals surface area contributed by atoms with Crippen molar-refractivity contribution in [3.8, 4) is 6.07 Å². The Morgan fingerprint density at radius 3 is 2.50 bits per heavy atom. The maximum Gasteiger partial charge on any atom is 0.261 e. The molecule has 0 aromatic heterocycles. The lowest BCUT2D eigenvalue weighted by molar-refractivity contribution is -0.118. The standard InChI is InChI=1S/C29H25N3O3S/c30-20-22-9-7-21(8-10-22)11-16-29(33)32-17-3-6-25-18-26(13-15-28(25)32)31-36(34,35)27-14-12-23-4-1-2-5-24(23)19-27/h1-2,4-5,7-10,12-15,18-19,31H,3,6,11,16-17H2. The molecule has 0 spiro atoms. The summed E-state index contributed by atoms with van der Waals surface area (Å²) in [4.78, 5) is 15.0. The van der Waals surface area contributed by atoms with Crippen LogP contribution in [0.2, 0.25) is 0 Å². The van der Waals surface area contributed by atoms with Crippen LogP contribution in [0.1, 0.15) is 29.5 Å². The molecule has 1 heterocycles. The molecule has 0 saturated carbocycles. The summed E-state index contributed by atoms with van der Waals surface area (Å²) in [6.07, 6.45) is 2.55. The first kappa shape index (κ1) is 23.6. The number of nitrogens with zero attached hydrogens (tertiary/aromatic N) is 2. The second-order valence-corrected chi connectivity index (χ2v) is 10.6. The zero-order chi connectivity index (χ0) is 25.1. The summed E-state index contributed by atoms with van der Waals surface area (Å²) in [5.41, 5.74) is 3.88. The third kappa shape index (κ3) is 4.95. The minimum Gasteiger partial charge on any atom is -0.312 e. The normalized spacial score (nSPS) is 13.1. The largest absolute Gasteiger partial charge is 0.312 e. The van der Waals surface area contributed by atoms with Crippen molar-refractivity contribution in [1.29, 1.82) is 5.26 Å². The summed E-state index contributed by atoms with van der Waals surface area (Å²) in [6.45, 7) is 0.640. The Labute approximate surface area is 210 Å². The molecular formula is C29H25N3O3S. The van der Waals surface area contributed by atoms with Crippen molar-refractivity contribution < 1.29 is 13.2 Å². The van der Waals surface area contributed by atoms with Crippen LogP contribution in [0.15, 0.2) is 89.8 Å². The fourth-order valence-corrected chi connectivity index (χ4v) is 5.68. The summed E-state index contributed by atoms with van der Waals surface area (Å²) in [5, 5.41) is 10.8. The Morgan fingerprint density at radius 2 is 1.72 bits per heavy atom. The van der Waals surface area contributed by atoms with E-state index in [1.807, 2.05) is 48.5 Å². The fraction of sp³-hybridized carbons (Fsp3) is 0.172. The molecule has 5 rings (SSSR count). The molecular weight excluding hydrogens is 470 g/mol. The number of carbonyl (C=O) groups is 1. The van der Waals surface area contributed by atoms with Gasteiger partial charge in [0, 0.05) is 24.3 Å². The molecule has 1 amide bonds. The first-order valence-electron chi connectivity index (χ1n) is 11.9. The fourth-order valence-electron chi connectivity index (χ4n) is 4.60. The molecule has 1 N–H and O–H groups in total. The molecule has 1 aliphatic heterocycles. The summed E-state index contributed by atoms with van der Waals surface area (Å²) < 4.78 is 28.8. The molecule has 0 fully saturated rings. The quantitative estimate of drug-likeness (QED) is 0.386. The Morgan fingerprint density at radius 1 is 0.944 bits per heavy atom. The van der Waals surface area contributed by atoms with Crippen molar-refractivity contribution in [1.82, 2.24) is 0 Å². The van der Waals surface area contributed by atoms with Crippen LogP contribution in [0.25, 0.3) is 10.8 Å². The number of rotatable bonds is 6. The van der Waals surface area contributed by atoms with Crippen LogP contribution in [0.4, 0.5) is 11.4 Å². The van der Waals surface area contributed by atoms with Gasteiger partial charge in [0.2, 0.25) is 5.91 Å². The van der Waals surface area contributed by atoms with E-state index in [2.05, 4.69) is 10.8 Å². The van der Waals surface area contributed by atoms with E-state index in [9.17, 15) is 13.2 Å². The minimum atomic E-state index is -3.76. The minimum absolute atomic E-state index is 0.0322. The van der Waals surface area contributed by atoms with E-state index < -0.39 is 10.0 Å². The van der Waals surface area contributed by atoms with Gasteiger partial charge in [0.1, 0.15) is 0 Å². The number of anilines is 2. The maximum absolute atomic E-state index is 13.1. The van der Waals surface area contributed by atoms with Crippen LogP contribution in [-0.2, 0) is 27.7 Å². The molecule has 36 heavy (non-hydrogen) atoms. The number of benzene rings is 4. The molecule has 6 nitrogen and oxygen atoms in total. The van der Waals surface area contributed by atoms with E-state index in [0.717, 1.165) is 40.4 Å². The van der Waals surface area contributed by atoms with E-state index in [0.29, 0.717) is 30.6 Å². The predicted molar refractivity (Wildman–Crippen MR) is 141 cm³/mol. The van der Waals surface area contributed by atoms with Gasteiger partial charge in [-0.05, 0) is 83.6 Å². The van der Waals surface area contributed by atoms with Crippen LogP contribution >= 0.6 is 0 Å². The van der Waals surface area contributed by atoms with Gasteiger partial charge in [0.15, 0.2) is 0 Å². The highest BCUT2D eigenvalue weighted by Crippen LogP contribution is 2.31. The number of amides is 1. The number of nitriles is 1. The summed E-state index contributed by atoms with van der Waals surface area (Å²) in [6, 6.07) is 27.5. The predicted octanol–water partition coefficient (Wildman–Crippen LogP) is 5.42. The molecule has 7 heteroatoms. The second-order valence-electron chi connectivity index (χ2n) is 8.92. The van der Waals surface area contributed by atoms with E-state index in [1.165, 1.54) is 0 Å². The van der Waals surface area contributed by atoms with E-state index in [4.69, 9.17) is 5.26 Å². The number of fused-ring (bicyclic) bond motifs is 2. The molecule has 180 valence electrons. The van der Waals surface area contributed by atoms with E-state index >= 15 is 0 Å². The van der Waals surface area contributed by atoms with Gasteiger partial charge >= 0.3 is 0 Å². The first-order chi connectivity index (χ1) is 17.4. The summed E-state index contributed by atoms with van der Waals surface area (Å²) in [5.74, 6) is 0.0322. The lowest BCUT2D eigenvalue weighted by Gasteiger charge is -2.30. The zero-order valence-electron chi connectivity index (χ0n) is 19.6.